The highest BCUT2D eigenvalue weighted by molar-refractivity contribution is 5.27. The summed E-state index contributed by atoms with van der Waals surface area (Å²) in [6.07, 6.45) is 2.22. The second kappa shape index (κ2) is 4.86. The SMILES string of the molecule is COc1ccc(CC(C)[n+]2cc(=O)o[nH]2)cc1. The van der Waals surface area contributed by atoms with Crippen molar-refractivity contribution in [3.05, 3.63) is 46.4 Å². The van der Waals surface area contributed by atoms with E-state index in [9.17, 15) is 4.79 Å². The van der Waals surface area contributed by atoms with E-state index in [2.05, 4.69) is 9.79 Å². The molecule has 0 fully saturated rings. The Morgan fingerprint density at radius 2 is 2.12 bits per heavy atom. The van der Waals surface area contributed by atoms with Gasteiger partial charge in [0, 0.05) is 13.3 Å². The number of hydrogen-bond acceptors (Lipinski definition) is 3. The molecular weight excluding hydrogens is 220 g/mol. The summed E-state index contributed by atoms with van der Waals surface area (Å²) < 4.78 is 11.4. The Hall–Kier alpha value is -2.04. The van der Waals surface area contributed by atoms with Gasteiger partial charge in [0.15, 0.2) is 6.04 Å². The number of benzene rings is 1. The second-order valence-electron chi connectivity index (χ2n) is 3.95. The first-order chi connectivity index (χ1) is 8.19. The number of ether oxygens (including phenoxy) is 1. The molecule has 1 aromatic heterocycles. The molecule has 90 valence electrons. The zero-order valence-electron chi connectivity index (χ0n) is 9.84. The number of hydrogen-bond donors (Lipinski definition) is 1. The predicted molar refractivity (Wildman–Crippen MR) is 60.9 cm³/mol. The van der Waals surface area contributed by atoms with Crippen LogP contribution in [0.4, 0.5) is 0 Å². The van der Waals surface area contributed by atoms with E-state index in [-0.39, 0.29) is 11.7 Å². The number of aromatic nitrogens is 2. The monoisotopic (exact) mass is 235 g/mol. The van der Waals surface area contributed by atoms with Crippen LogP contribution in [-0.4, -0.2) is 12.4 Å². The van der Waals surface area contributed by atoms with Crippen LogP contribution in [0.1, 0.15) is 18.5 Å². The lowest BCUT2D eigenvalue weighted by Crippen LogP contribution is -2.40. The fraction of sp³-hybridized carbons (Fsp3) is 0.333. The van der Waals surface area contributed by atoms with E-state index in [1.807, 2.05) is 31.2 Å². The maximum absolute atomic E-state index is 10.9. The predicted octanol–water partition coefficient (Wildman–Crippen LogP) is 1.07. The summed E-state index contributed by atoms with van der Waals surface area (Å²) in [5.74, 6) is 0.839. The molecule has 0 aliphatic carbocycles. The number of nitrogens with one attached hydrogen (secondary N) is 1. The van der Waals surface area contributed by atoms with Crippen LogP contribution in [0.2, 0.25) is 0 Å². The van der Waals surface area contributed by atoms with Crippen molar-refractivity contribution in [1.82, 2.24) is 5.27 Å². The molecule has 0 amide bonds. The summed E-state index contributed by atoms with van der Waals surface area (Å²) in [7, 11) is 1.64. The van der Waals surface area contributed by atoms with Crippen molar-refractivity contribution in [3.8, 4) is 5.75 Å². The third kappa shape index (κ3) is 2.75. The van der Waals surface area contributed by atoms with Gasteiger partial charge >= 0.3 is 5.63 Å². The first-order valence-electron chi connectivity index (χ1n) is 5.41. The molecule has 5 nitrogen and oxygen atoms in total. The summed E-state index contributed by atoms with van der Waals surface area (Å²) >= 11 is 0. The van der Waals surface area contributed by atoms with Crippen LogP contribution in [0.15, 0.2) is 39.8 Å². The van der Waals surface area contributed by atoms with Crippen LogP contribution in [0.3, 0.4) is 0 Å². The van der Waals surface area contributed by atoms with E-state index in [4.69, 9.17) is 4.74 Å². The minimum absolute atomic E-state index is 0.134. The molecule has 2 rings (SSSR count). The van der Waals surface area contributed by atoms with Gasteiger partial charge in [-0.1, -0.05) is 16.8 Å². The first-order valence-corrected chi connectivity index (χ1v) is 5.41. The van der Waals surface area contributed by atoms with E-state index in [1.165, 1.54) is 11.8 Å². The number of aromatic amines is 1. The van der Waals surface area contributed by atoms with Crippen molar-refractivity contribution in [2.24, 2.45) is 0 Å². The van der Waals surface area contributed by atoms with Crippen LogP contribution >= 0.6 is 0 Å². The van der Waals surface area contributed by atoms with Crippen molar-refractivity contribution >= 4 is 0 Å². The van der Waals surface area contributed by atoms with Crippen molar-refractivity contribution in [2.75, 3.05) is 7.11 Å². The van der Waals surface area contributed by atoms with Gasteiger partial charge in [-0.05, 0) is 23.0 Å². The Morgan fingerprint density at radius 3 is 2.65 bits per heavy atom. The third-order valence-electron chi connectivity index (χ3n) is 2.66. The lowest BCUT2D eigenvalue weighted by atomic mass is 10.1. The first kappa shape index (κ1) is 11.4. The van der Waals surface area contributed by atoms with Crippen molar-refractivity contribution in [2.45, 2.75) is 19.4 Å². The summed E-state index contributed by atoms with van der Waals surface area (Å²) in [4.78, 5) is 10.9. The molecule has 1 atom stereocenters. The van der Waals surface area contributed by atoms with Crippen LogP contribution in [0.25, 0.3) is 0 Å². The number of nitrogens with zero attached hydrogens (tertiary/aromatic N) is 1. The standard InChI is InChI=1S/C12H14N2O3/c1-9(14-8-12(15)17-13-14)7-10-3-5-11(16-2)6-4-10/h3-6,8-9H,7H2,1-2H3/p+1. The van der Waals surface area contributed by atoms with Gasteiger partial charge in [-0.3, -0.25) is 4.52 Å². The van der Waals surface area contributed by atoms with Gasteiger partial charge in [0.1, 0.15) is 5.75 Å². The number of H-pyrrole nitrogens is 1. The molecule has 0 bridgehead atoms. The summed E-state index contributed by atoms with van der Waals surface area (Å²) in [6, 6.07) is 7.99. The molecule has 1 aromatic carbocycles. The quantitative estimate of drug-likeness (QED) is 0.806. The summed E-state index contributed by atoms with van der Waals surface area (Å²) in [5, 5.41) is 2.55. The van der Waals surface area contributed by atoms with Crippen LogP contribution in [0, 0.1) is 0 Å². The van der Waals surface area contributed by atoms with Gasteiger partial charge in [-0.15, -0.1) is 0 Å². The topological polar surface area (TPSA) is 59.1 Å². The zero-order valence-corrected chi connectivity index (χ0v) is 9.84. The molecular formula is C12H15N2O3+. The lowest BCUT2D eigenvalue weighted by molar-refractivity contribution is -0.782. The third-order valence-corrected chi connectivity index (χ3v) is 2.66. The number of rotatable bonds is 4. The Kier molecular flexibility index (Phi) is 3.27. The van der Waals surface area contributed by atoms with E-state index < -0.39 is 0 Å². The normalized spacial score (nSPS) is 12.4. The van der Waals surface area contributed by atoms with Crippen LogP contribution < -0.4 is 15.0 Å². The van der Waals surface area contributed by atoms with E-state index in [0.29, 0.717) is 0 Å². The number of methoxy groups -OCH3 is 1. The minimum Gasteiger partial charge on any atom is -0.497 e. The molecule has 1 unspecified atom stereocenters. The molecule has 2 aromatic rings. The molecule has 1 heterocycles. The largest absolute Gasteiger partial charge is 0.497 e. The molecule has 0 aliphatic rings. The second-order valence-corrected chi connectivity index (χ2v) is 3.95. The van der Waals surface area contributed by atoms with E-state index >= 15 is 0 Å². The molecule has 0 saturated heterocycles. The molecule has 0 aliphatic heterocycles. The van der Waals surface area contributed by atoms with E-state index in [1.54, 1.807) is 11.8 Å². The van der Waals surface area contributed by atoms with Gasteiger partial charge in [0.25, 0.3) is 6.20 Å². The Balaban J connectivity index is 2.07. The highest BCUT2D eigenvalue weighted by Crippen LogP contribution is 2.14. The highest BCUT2D eigenvalue weighted by Gasteiger charge is 2.16. The van der Waals surface area contributed by atoms with Gasteiger partial charge in [-0.25, -0.2) is 4.79 Å². The average molecular weight is 235 g/mol. The highest BCUT2D eigenvalue weighted by atomic mass is 16.5. The molecule has 0 spiro atoms. The van der Waals surface area contributed by atoms with Gasteiger partial charge < -0.3 is 4.74 Å². The zero-order chi connectivity index (χ0) is 12.3. The van der Waals surface area contributed by atoms with Gasteiger partial charge in [0.2, 0.25) is 0 Å². The van der Waals surface area contributed by atoms with Crippen molar-refractivity contribution in [1.29, 1.82) is 0 Å². The molecule has 5 heteroatoms. The van der Waals surface area contributed by atoms with Gasteiger partial charge in [-0.2, -0.15) is 0 Å². The van der Waals surface area contributed by atoms with Gasteiger partial charge in [0.05, 0.1) is 7.11 Å². The molecule has 0 saturated carbocycles. The molecule has 17 heavy (non-hydrogen) atoms. The Labute approximate surface area is 98.6 Å². The maximum atomic E-state index is 10.9. The lowest BCUT2D eigenvalue weighted by Gasteiger charge is -2.04. The fourth-order valence-corrected chi connectivity index (χ4v) is 1.68. The average Bonchev–Trinajstić information content (AvgIpc) is 2.77. The minimum atomic E-state index is -0.369. The summed E-state index contributed by atoms with van der Waals surface area (Å²) in [5.41, 5.74) is 0.805. The van der Waals surface area contributed by atoms with E-state index in [0.717, 1.165) is 12.2 Å². The maximum Gasteiger partial charge on any atom is 0.426 e. The van der Waals surface area contributed by atoms with Crippen molar-refractivity contribution in [3.63, 3.8) is 0 Å². The van der Waals surface area contributed by atoms with Crippen molar-refractivity contribution < 1.29 is 13.9 Å². The smallest absolute Gasteiger partial charge is 0.426 e. The van der Waals surface area contributed by atoms with Crippen LogP contribution in [0.5, 0.6) is 5.75 Å². The fourth-order valence-electron chi connectivity index (χ4n) is 1.68. The molecule has 0 radical (unpaired) electrons. The van der Waals surface area contributed by atoms with Crippen LogP contribution in [-0.2, 0) is 6.42 Å². The summed E-state index contributed by atoms with van der Waals surface area (Å²) in [6.45, 7) is 2.01. The molecule has 1 N–H and O–H groups in total. The Morgan fingerprint density at radius 1 is 1.41 bits per heavy atom. The Bertz CT molecular complexity index is 527.